The number of halogens is 5. The van der Waals surface area contributed by atoms with Gasteiger partial charge in [0.15, 0.2) is 24.0 Å². The van der Waals surface area contributed by atoms with Crippen LogP contribution in [0.1, 0.15) is 4.88 Å². The number of rotatable bonds is 5. The highest BCUT2D eigenvalue weighted by atomic mass is 79.9. The average Bonchev–Trinajstić information content (AvgIpc) is 2.90. The van der Waals surface area contributed by atoms with E-state index in [2.05, 4.69) is 20.7 Å². The lowest BCUT2D eigenvalue weighted by atomic mass is 10.3. The van der Waals surface area contributed by atoms with E-state index in [0.717, 1.165) is 9.35 Å². The van der Waals surface area contributed by atoms with Crippen LogP contribution < -0.4 is 4.74 Å². The highest BCUT2D eigenvalue weighted by Crippen LogP contribution is 2.26. The summed E-state index contributed by atoms with van der Waals surface area (Å²) in [7, 11) is 1.47. The summed E-state index contributed by atoms with van der Waals surface area (Å²) in [5.41, 5.74) is 0. The number of hydrogen-bond donors (Lipinski definition) is 0. The molecule has 0 atom stereocenters. The quantitative estimate of drug-likeness (QED) is 0.547. The molecule has 1 heterocycles. The number of nitrogens with zero attached hydrogens (tertiary/aromatic N) is 1. The van der Waals surface area contributed by atoms with E-state index >= 15 is 0 Å². The molecular weight excluding hydrogens is 402 g/mol. The summed E-state index contributed by atoms with van der Waals surface area (Å²) in [6.45, 7) is -0.485. The maximum absolute atomic E-state index is 13.4. The van der Waals surface area contributed by atoms with Gasteiger partial charge in [0.25, 0.3) is 5.91 Å². The number of carbonyl (C=O) groups excluding carboxylic acids is 1. The van der Waals surface area contributed by atoms with Gasteiger partial charge in [-0.05, 0) is 22.0 Å². The molecular formula is C14H10BrF4NO2S. The highest BCUT2D eigenvalue weighted by molar-refractivity contribution is 9.10. The van der Waals surface area contributed by atoms with Crippen LogP contribution in [0.3, 0.4) is 0 Å². The zero-order valence-electron chi connectivity index (χ0n) is 11.7. The van der Waals surface area contributed by atoms with Crippen molar-refractivity contribution in [2.75, 3.05) is 13.7 Å². The van der Waals surface area contributed by atoms with E-state index < -0.39 is 41.5 Å². The first-order chi connectivity index (χ1) is 10.8. The summed E-state index contributed by atoms with van der Waals surface area (Å²) < 4.78 is 58.4. The predicted molar refractivity (Wildman–Crippen MR) is 80.3 cm³/mol. The molecule has 1 aromatic carbocycles. The molecule has 1 amide bonds. The van der Waals surface area contributed by atoms with E-state index in [9.17, 15) is 22.4 Å². The fourth-order valence-corrected chi connectivity index (χ4v) is 3.18. The molecule has 2 aromatic rings. The maximum Gasteiger partial charge on any atom is 0.260 e. The van der Waals surface area contributed by atoms with Crippen molar-refractivity contribution in [3.05, 3.63) is 50.1 Å². The molecule has 0 bridgehead atoms. The van der Waals surface area contributed by atoms with Crippen molar-refractivity contribution in [1.29, 1.82) is 0 Å². The molecule has 0 aliphatic carbocycles. The number of likely N-dealkylation sites (N-methyl/N-ethyl adjacent to an activating group) is 1. The first kappa shape index (κ1) is 17.7. The van der Waals surface area contributed by atoms with Gasteiger partial charge >= 0.3 is 0 Å². The topological polar surface area (TPSA) is 29.5 Å². The van der Waals surface area contributed by atoms with Crippen LogP contribution in [-0.2, 0) is 11.3 Å². The second-order valence-electron chi connectivity index (χ2n) is 4.57. The van der Waals surface area contributed by atoms with Gasteiger partial charge in [-0.3, -0.25) is 4.79 Å². The molecule has 0 saturated heterocycles. The molecule has 0 fully saturated rings. The van der Waals surface area contributed by atoms with Gasteiger partial charge in [-0.1, -0.05) is 0 Å². The molecule has 1 aromatic heterocycles. The SMILES string of the molecule is CN(Cc1cc(Br)cs1)C(=O)COc1c(F)c(F)cc(F)c1F. The Labute approximate surface area is 141 Å². The fraction of sp³-hybridized carbons (Fsp3) is 0.214. The normalized spacial score (nSPS) is 10.7. The van der Waals surface area contributed by atoms with Gasteiger partial charge in [0.1, 0.15) is 0 Å². The van der Waals surface area contributed by atoms with Crippen molar-refractivity contribution >= 4 is 33.2 Å². The fourth-order valence-electron chi connectivity index (χ4n) is 1.68. The van der Waals surface area contributed by atoms with Crippen LogP contribution in [0.15, 0.2) is 22.0 Å². The Morgan fingerprint density at radius 2 is 1.83 bits per heavy atom. The number of thiophene rings is 1. The van der Waals surface area contributed by atoms with Gasteiger partial charge in [0.05, 0.1) is 6.54 Å². The lowest BCUT2D eigenvalue weighted by Crippen LogP contribution is -2.31. The second kappa shape index (κ2) is 7.31. The van der Waals surface area contributed by atoms with Crippen molar-refractivity contribution in [1.82, 2.24) is 4.90 Å². The van der Waals surface area contributed by atoms with Crippen LogP contribution in [0, 0.1) is 23.3 Å². The third-order valence-corrected chi connectivity index (χ3v) is 4.53. The van der Waals surface area contributed by atoms with Gasteiger partial charge in [0.2, 0.25) is 11.6 Å². The summed E-state index contributed by atoms with van der Waals surface area (Å²) in [6, 6.07) is 1.89. The smallest absolute Gasteiger partial charge is 0.260 e. The molecule has 9 heteroatoms. The van der Waals surface area contributed by atoms with Crippen LogP contribution in [0.25, 0.3) is 0 Å². The lowest BCUT2D eigenvalue weighted by molar-refractivity contribution is -0.132. The van der Waals surface area contributed by atoms with Crippen LogP contribution >= 0.6 is 27.3 Å². The molecule has 0 spiro atoms. The minimum Gasteiger partial charge on any atom is -0.477 e. The second-order valence-corrected chi connectivity index (χ2v) is 6.48. The van der Waals surface area contributed by atoms with Crippen LogP contribution in [0.5, 0.6) is 5.75 Å². The number of amides is 1. The standard InChI is InChI=1S/C14H10BrF4NO2S/c1-20(4-8-2-7(15)6-23-8)11(21)5-22-14-12(18)9(16)3-10(17)13(14)19/h2-3,6H,4-5H2,1H3. The van der Waals surface area contributed by atoms with Crippen molar-refractivity contribution in [2.24, 2.45) is 0 Å². The van der Waals surface area contributed by atoms with Gasteiger partial charge in [-0.25, -0.2) is 8.78 Å². The zero-order valence-corrected chi connectivity index (χ0v) is 14.1. The van der Waals surface area contributed by atoms with Crippen molar-refractivity contribution in [3.8, 4) is 5.75 Å². The summed E-state index contributed by atoms with van der Waals surface area (Å²) in [4.78, 5) is 14.0. The molecule has 0 aliphatic heterocycles. The Balaban J connectivity index is 2.02. The minimum absolute atomic E-state index is 0.0696. The lowest BCUT2D eigenvalue weighted by Gasteiger charge is -2.17. The van der Waals surface area contributed by atoms with Gasteiger partial charge < -0.3 is 9.64 Å². The first-order valence-corrected chi connectivity index (χ1v) is 7.89. The summed E-state index contributed by atoms with van der Waals surface area (Å²) in [5, 5.41) is 1.84. The number of hydrogen-bond acceptors (Lipinski definition) is 3. The number of ether oxygens (including phenoxy) is 1. The Morgan fingerprint density at radius 3 is 2.35 bits per heavy atom. The molecule has 0 radical (unpaired) electrons. The van der Waals surface area contributed by atoms with Crippen molar-refractivity contribution in [3.63, 3.8) is 0 Å². The van der Waals surface area contributed by atoms with E-state index in [4.69, 9.17) is 0 Å². The summed E-state index contributed by atoms with van der Waals surface area (Å²) >= 11 is 4.70. The predicted octanol–water partition coefficient (Wildman–Crippen LogP) is 4.10. The molecule has 0 N–H and O–H groups in total. The molecule has 23 heavy (non-hydrogen) atoms. The van der Waals surface area contributed by atoms with Gasteiger partial charge in [-0.15, -0.1) is 11.3 Å². The molecule has 0 saturated carbocycles. The van der Waals surface area contributed by atoms with Crippen LogP contribution in [0.4, 0.5) is 17.6 Å². The third kappa shape index (κ3) is 4.23. The molecule has 0 unspecified atom stereocenters. The molecule has 124 valence electrons. The van der Waals surface area contributed by atoms with Crippen LogP contribution in [0.2, 0.25) is 0 Å². The monoisotopic (exact) mass is 411 g/mol. The summed E-state index contributed by atoms with van der Waals surface area (Å²) in [6.07, 6.45) is 0. The van der Waals surface area contributed by atoms with Crippen molar-refractivity contribution in [2.45, 2.75) is 6.54 Å². The first-order valence-electron chi connectivity index (χ1n) is 6.22. The Morgan fingerprint density at radius 1 is 1.22 bits per heavy atom. The van der Waals surface area contributed by atoms with E-state index in [1.165, 1.54) is 23.3 Å². The van der Waals surface area contributed by atoms with E-state index in [0.29, 0.717) is 0 Å². The zero-order chi connectivity index (χ0) is 17.1. The maximum atomic E-state index is 13.4. The van der Waals surface area contributed by atoms with Crippen LogP contribution in [-0.4, -0.2) is 24.5 Å². The molecule has 0 aliphatic rings. The number of benzene rings is 1. The highest BCUT2D eigenvalue weighted by Gasteiger charge is 2.22. The summed E-state index contributed by atoms with van der Waals surface area (Å²) in [5.74, 6) is -8.39. The van der Waals surface area contributed by atoms with Crippen molar-refractivity contribution < 1.29 is 27.1 Å². The van der Waals surface area contributed by atoms with E-state index in [1.54, 1.807) is 0 Å². The average molecular weight is 412 g/mol. The van der Waals surface area contributed by atoms with Gasteiger partial charge in [0, 0.05) is 27.8 Å². The Hall–Kier alpha value is -1.61. The third-order valence-electron chi connectivity index (χ3n) is 2.85. The Bertz CT molecular complexity index is 712. The number of carbonyl (C=O) groups is 1. The van der Waals surface area contributed by atoms with E-state index in [1.807, 2.05) is 11.4 Å². The minimum atomic E-state index is -1.68. The van der Waals surface area contributed by atoms with E-state index in [-0.39, 0.29) is 12.6 Å². The molecule has 2 rings (SSSR count). The van der Waals surface area contributed by atoms with Gasteiger partial charge in [-0.2, -0.15) is 8.78 Å². The molecule has 3 nitrogen and oxygen atoms in total. The largest absolute Gasteiger partial charge is 0.477 e. The Kier molecular flexibility index (Phi) is 5.64.